The lowest BCUT2D eigenvalue weighted by Crippen LogP contribution is -2.53. The summed E-state index contributed by atoms with van der Waals surface area (Å²) >= 11 is 0. The topological polar surface area (TPSA) is 107 Å². The molecule has 0 bridgehead atoms. The number of carboxylic acid groups (broad SMARTS) is 1. The van der Waals surface area contributed by atoms with Gasteiger partial charge in [0, 0.05) is 26.2 Å². The van der Waals surface area contributed by atoms with E-state index in [9.17, 15) is 13.2 Å². The van der Waals surface area contributed by atoms with Crippen LogP contribution in [0.2, 0.25) is 0 Å². The standard InChI is InChI=1S/C11H20N2O6S/c14-8-10-7-13(5-6-19-10)20(17,18)12-3-1-9(2-4-12)11(15)16/h9-10,14H,1-8H2,(H,15,16). The fourth-order valence-corrected chi connectivity index (χ4v) is 4.17. The molecule has 0 aromatic carbocycles. The summed E-state index contributed by atoms with van der Waals surface area (Å²) in [6.07, 6.45) is 0.181. The summed E-state index contributed by atoms with van der Waals surface area (Å²) in [5, 5.41) is 18.0. The fraction of sp³-hybridized carbons (Fsp3) is 0.909. The summed E-state index contributed by atoms with van der Waals surface area (Å²) in [5.41, 5.74) is 0. The van der Waals surface area contributed by atoms with Crippen molar-refractivity contribution >= 4 is 16.2 Å². The maximum atomic E-state index is 12.4. The van der Waals surface area contributed by atoms with E-state index in [1.807, 2.05) is 0 Å². The predicted molar refractivity (Wildman–Crippen MR) is 69.3 cm³/mol. The molecule has 2 fully saturated rings. The van der Waals surface area contributed by atoms with Crippen molar-refractivity contribution in [2.75, 3.05) is 39.4 Å². The minimum absolute atomic E-state index is 0.137. The van der Waals surface area contributed by atoms with Gasteiger partial charge in [-0.25, -0.2) is 0 Å². The molecule has 9 heteroatoms. The number of ether oxygens (including phenoxy) is 1. The normalized spacial score (nSPS) is 27.6. The van der Waals surface area contributed by atoms with Crippen molar-refractivity contribution in [3.8, 4) is 0 Å². The molecule has 0 aliphatic carbocycles. The molecule has 1 unspecified atom stereocenters. The highest BCUT2D eigenvalue weighted by molar-refractivity contribution is 7.86. The largest absolute Gasteiger partial charge is 0.481 e. The third-order valence-corrected chi connectivity index (χ3v) is 5.76. The van der Waals surface area contributed by atoms with E-state index in [0.29, 0.717) is 12.8 Å². The summed E-state index contributed by atoms with van der Waals surface area (Å²) in [6.45, 7) is 0.888. The lowest BCUT2D eigenvalue weighted by Gasteiger charge is -2.37. The van der Waals surface area contributed by atoms with Gasteiger partial charge >= 0.3 is 5.97 Å². The second-order valence-corrected chi connectivity index (χ2v) is 6.98. The Morgan fingerprint density at radius 2 is 1.85 bits per heavy atom. The van der Waals surface area contributed by atoms with Gasteiger partial charge in [0.1, 0.15) is 0 Å². The van der Waals surface area contributed by atoms with E-state index in [4.69, 9.17) is 14.9 Å². The van der Waals surface area contributed by atoms with E-state index in [2.05, 4.69) is 0 Å². The van der Waals surface area contributed by atoms with Crippen molar-refractivity contribution in [3.05, 3.63) is 0 Å². The molecular formula is C11H20N2O6S. The van der Waals surface area contributed by atoms with Crippen LogP contribution in [0, 0.1) is 5.92 Å². The van der Waals surface area contributed by atoms with Gasteiger partial charge in [-0.05, 0) is 12.8 Å². The number of morpholine rings is 1. The molecule has 2 aliphatic heterocycles. The van der Waals surface area contributed by atoms with Gasteiger partial charge < -0.3 is 14.9 Å². The SMILES string of the molecule is O=C(O)C1CCN(S(=O)(=O)N2CCOC(CO)C2)CC1. The van der Waals surface area contributed by atoms with Crippen LogP contribution in [0.15, 0.2) is 0 Å². The number of rotatable bonds is 4. The zero-order valence-corrected chi connectivity index (χ0v) is 12.0. The molecule has 2 aliphatic rings. The van der Waals surface area contributed by atoms with Crippen LogP contribution in [0.25, 0.3) is 0 Å². The Balaban J connectivity index is 1.99. The predicted octanol–water partition coefficient (Wildman–Crippen LogP) is -1.28. The van der Waals surface area contributed by atoms with E-state index in [0.717, 1.165) is 0 Å². The lowest BCUT2D eigenvalue weighted by molar-refractivity contribution is -0.142. The van der Waals surface area contributed by atoms with Crippen LogP contribution in [0.5, 0.6) is 0 Å². The number of aliphatic hydroxyl groups is 1. The molecule has 0 radical (unpaired) electrons. The summed E-state index contributed by atoms with van der Waals surface area (Å²) in [5.74, 6) is -1.33. The van der Waals surface area contributed by atoms with E-state index in [1.165, 1.54) is 8.61 Å². The molecule has 2 rings (SSSR count). The van der Waals surface area contributed by atoms with Crippen LogP contribution in [-0.4, -0.2) is 78.7 Å². The van der Waals surface area contributed by atoms with Crippen molar-refractivity contribution in [1.82, 2.24) is 8.61 Å². The minimum atomic E-state index is -3.59. The van der Waals surface area contributed by atoms with Crippen molar-refractivity contribution in [2.24, 2.45) is 5.92 Å². The number of nitrogens with zero attached hydrogens (tertiary/aromatic N) is 2. The number of aliphatic carboxylic acids is 1. The molecule has 0 aromatic rings. The first-order valence-electron chi connectivity index (χ1n) is 6.65. The highest BCUT2D eigenvalue weighted by atomic mass is 32.2. The second-order valence-electron chi connectivity index (χ2n) is 5.05. The van der Waals surface area contributed by atoms with Gasteiger partial charge in [-0.3, -0.25) is 4.79 Å². The van der Waals surface area contributed by atoms with Gasteiger partial charge in [0.05, 0.1) is 25.2 Å². The van der Waals surface area contributed by atoms with Crippen LogP contribution in [0.4, 0.5) is 0 Å². The summed E-state index contributed by atoms with van der Waals surface area (Å²) in [6, 6.07) is 0. The molecule has 0 aromatic heterocycles. The highest BCUT2D eigenvalue weighted by Crippen LogP contribution is 2.22. The molecule has 116 valence electrons. The lowest BCUT2D eigenvalue weighted by atomic mass is 9.99. The Kier molecular flexibility index (Phi) is 4.97. The minimum Gasteiger partial charge on any atom is -0.481 e. The highest BCUT2D eigenvalue weighted by Gasteiger charge is 2.37. The van der Waals surface area contributed by atoms with Crippen molar-refractivity contribution in [3.63, 3.8) is 0 Å². The Bertz CT molecular complexity index is 446. The summed E-state index contributed by atoms with van der Waals surface area (Å²) < 4.78 is 32.8. The molecule has 0 amide bonds. The summed E-state index contributed by atoms with van der Waals surface area (Å²) in [7, 11) is -3.59. The van der Waals surface area contributed by atoms with Crippen molar-refractivity contribution < 1.29 is 28.2 Å². The zero-order valence-electron chi connectivity index (χ0n) is 11.1. The molecule has 2 saturated heterocycles. The third kappa shape index (κ3) is 3.29. The number of carbonyl (C=O) groups is 1. The molecule has 20 heavy (non-hydrogen) atoms. The van der Waals surface area contributed by atoms with Gasteiger partial charge in [0.25, 0.3) is 10.2 Å². The fourth-order valence-electron chi connectivity index (χ4n) is 2.51. The Morgan fingerprint density at radius 3 is 2.40 bits per heavy atom. The van der Waals surface area contributed by atoms with Crippen LogP contribution in [0.3, 0.4) is 0 Å². The molecule has 0 saturated carbocycles. The van der Waals surface area contributed by atoms with Gasteiger partial charge in [0.2, 0.25) is 0 Å². The first-order valence-corrected chi connectivity index (χ1v) is 8.05. The average molecular weight is 308 g/mol. The van der Waals surface area contributed by atoms with Crippen LogP contribution in [0.1, 0.15) is 12.8 Å². The van der Waals surface area contributed by atoms with Crippen molar-refractivity contribution in [1.29, 1.82) is 0 Å². The Hall–Kier alpha value is -0.740. The number of aliphatic hydroxyl groups excluding tert-OH is 1. The second kappa shape index (κ2) is 6.35. The summed E-state index contributed by atoms with van der Waals surface area (Å²) in [4.78, 5) is 10.9. The number of carboxylic acids is 1. The van der Waals surface area contributed by atoms with Crippen LogP contribution in [-0.2, 0) is 19.7 Å². The number of piperidine rings is 1. The monoisotopic (exact) mass is 308 g/mol. The molecule has 0 spiro atoms. The average Bonchev–Trinajstić information content (AvgIpc) is 2.47. The maximum absolute atomic E-state index is 12.4. The zero-order chi connectivity index (χ0) is 14.8. The molecular weight excluding hydrogens is 288 g/mol. The van der Waals surface area contributed by atoms with Crippen LogP contribution >= 0.6 is 0 Å². The van der Waals surface area contributed by atoms with Gasteiger partial charge in [-0.2, -0.15) is 17.0 Å². The number of hydrogen-bond donors (Lipinski definition) is 2. The maximum Gasteiger partial charge on any atom is 0.306 e. The smallest absolute Gasteiger partial charge is 0.306 e. The number of hydrogen-bond acceptors (Lipinski definition) is 5. The van der Waals surface area contributed by atoms with E-state index in [-0.39, 0.29) is 39.4 Å². The van der Waals surface area contributed by atoms with Gasteiger partial charge in [-0.1, -0.05) is 0 Å². The molecule has 2 heterocycles. The quantitative estimate of drug-likeness (QED) is 0.670. The van der Waals surface area contributed by atoms with Gasteiger partial charge in [0.15, 0.2) is 0 Å². The first kappa shape index (κ1) is 15.6. The third-order valence-electron chi connectivity index (χ3n) is 3.76. The first-order chi connectivity index (χ1) is 9.45. The molecule has 1 atom stereocenters. The molecule has 2 N–H and O–H groups in total. The van der Waals surface area contributed by atoms with Crippen molar-refractivity contribution in [2.45, 2.75) is 18.9 Å². The van der Waals surface area contributed by atoms with Gasteiger partial charge in [-0.15, -0.1) is 0 Å². The Labute approximate surface area is 118 Å². The van der Waals surface area contributed by atoms with E-state index in [1.54, 1.807) is 0 Å². The van der Waals surface area contributed by atoms with Crippen LogP contribution < -0.4 is 0 Å². The Morgan fingerprint density at radius 1 is 1.20 bits per heavy atom. The van der Waals surface area contributed by atoms with E-state index < -0.39 is 28.2 Å². The molecule has 8 nitrogen and oxygen atoms in total. The van der Waals surface area contributed by atoms with E-state index >= 15 is 0 Å².